The number of aryl methyl sites for hydroxylation is 1. The number of rotatable bonds is 4. The summed E-state index contributed by atoms with van der Waals surface area (Å²) >= 11 is 3.49. The van der Waals surface area contributed by atoms with E-state index in [1.807, 2.05) is 30.0 Å². The van der Waals surface area contributed by atoms with E-state index in [0.717, 1.165) is 27.9 Å². The monoisotopic (exact) mass is 549 g/mol. The fourth-order valence-electron chi connectivity index (χ4n) is 3.25. The third kappa shape index (κ3) is 4.12. The average Bonchev–Trinajstić information content (AvgIpc) is 2.78. The van der Waals surface area contributed by atoms with Crippen molar-refractivity contribution in [3.63, 3.8) is 0 Å². The summed E-state index contributed by atoms with van der Waals surface area (Å²) in [4.78, 5) is 1.26. The zero-order valence-electron chi connectivity index (χ0n) is 16.6. The molecule has 4 rings (SSSR count). The van der Waals surface area contributed by atoms with Crippen molar-refractivity contribution in [2.75, 3.05) is 18.1 Å². The Kier molecular flexibility index (Phi) is 5.99. The zero-order valence-corrected chi connectivity index (χ0v) is 19.0. The van der Waals surface area contributed by atoms with Crippen LogP contribution in [0.2, 0.25) is 0 Å². The van der Waals surface area contributed by atoms with Gasteiger partial charge in [0.15, 0.2) is 0 Å². The van der Waals surface area contributed by atoms with Crippen LogP contribution < -0.4 is 13.8 Å². The molecule has 5 nitrogen and oxygen atoms in total. The van der Waals surface area contributed by atoms with Gasteiger partial charge in [0.25, 0.3) is 0 Å². The van der Waals surface area contributed by atoms with E-state index in [0.29, 0.717) is 12.2 Å². The molecule has 1 aliphatic heterocycles. The second-order valence-electron chi connectivity index (χ2n) is 7.02. The van der Waals surface area contributed by atoms with Gasteiger partial charge < -0.3 is 13.8 Å². The summed E-state index contributed by atoms with van der Waals surface area (Å²) in [5.41, 5.74) is 2.31. The Morgan fingerprint density at radius 2 is 1.52 bits per heavy atom. The summed E-state index contributed by atoms with van der Waals surface area (Å²) in [5.74, 6) is -13.7. The number of hydrogen-bond acceptors (Lipinski definition) is 5. The van der Waals surface area contributed by atoms with Crippen molar-refractivity contribution in [1.29, 1.82) is 0 Å². The smallest absolute Gasteiger partial charge is 0.339 e. The van der Waals surface area contributed by atoms with Crippen molar-refractivity contribution in [2.45, 2.75) is 11.8 Å². The van der Waals surface area contributed by atoms with Crippen LogP contribution in [0.15, 0.2) is 45.8 Å². The molecule has 0 atom stereocenters. The molecule has 3 aromatic rings. The lowest BCUT2D eigenvalue weighted by molar-refractivity contribution is 0.313. The maximum absolute atomic E-state index is 13.9. The highest BCUT2D eigenvalue weighted by Gasteiger charge is 2.32. The van der Waals surface area contributed by atoms with Gasteiger partial charge in [0.05, 0.1) is 17.9 Å². The maximum atomic E-state index is 13.9. The summed E-state index contributed by atoms with van der Waals surface area (Å²) in [5, 5.41) is 0. The van der Waals surface area contributed by atoms with Crippen molar-refractivity contribution in [3.05, 3.63) is 75.5 Å². The van der Waals surface area contributed by atoms with Crippen LogP contribution in [-0.4, -0.2) is 21.6 Å². The first-order chi connectivity index (χ1) is 15.5. The van der Waals surface area contributed by atoms with Crippen LogP contribution in [0.4, 0.5) is 33.3 Å². The van der Waals surface area contributed by atoms with Crippen molar-refractivity contribution < 1.29 is 39.3 Å². The third-order valence-electron chi connectivity index (χ3n) is 4.84. The van der Waals surface area contributed by atoms with Gasteiger partial charge in [0, 0.05) is 10.5 Å². The van der Waals surface area contributed by atoms with Crippen molar-refractivity contribution in [1.82, 2.24) is 0 Å². The Bertz CT molecular complexity index is 1350. The topological polar surface area (TPSA) is 55.8 Å². The molecule has 0 saturated heterocycles. The predicted octanol–water partition coefficient (Wildman–Crippen LogP) is 5.75. The van der Waals surface area contributed by atoms with Gasteiger partial charge in [-0.2, -0.15) is 17.2 Å². The van der Waals surface area contributed by atoms with E-state index in [-0.39, 0.29) is 12.4 Å². The van der Waals surface area contributed by atoms with E-state index in [1.54, 1.807) is 0 Å². The minimum Gasteiger partial charge on any atom is -0.489 e. The minimum atomic E-state index is -4.98. The molecule has 3 aromatic carbocycles. The first kappa shape index (κ1) is 23.3. The lowest BCUT2D eigenvalue weighted by Crippen LogP contribution is -2.29. The van der Waals surface area contributed by atoms with Crippen LogP contribution >= 0.6 is 15.9 Å². The summed E-state index contributed by atoms with van der Waals surface area (Å²) in [6.07, 6.45) is 0. The molecule has 0 fully saturated rings. The highest BCUT2D eigenvalue weighted by Crippen LogP contribution is 2.41. The normalized spacial score (nSPS) is 13.5. The summed E-state index contributed by atoms with van der Waals surface area (Å²) < 4.78 is 104. The van der Waals surface area contributed by atoms with Gasteiger partial charge in [-0.05, 0) is 52.7 Å². The van der Waals surface area contributed by atoms with Crippen molar-refractivity contribution in [2.24, 2.45) is 0 Å². The Morgan fingerprint density at radius 3 is 2.15 bits per heavy atom. The zero-order chi connectivity index (χ0) is 24.1. The quantitative estimate of drug-likeness (QED) is 0.179. The van der Waals surface area contributed by atoms with Gasteiger partial charge in [0.2, 0.25) is 34.8 Å². The lowest BCUT2D eigenvalue weighted by atomic mass is 10.1. The highest BCUT2D eigenvalue weighted by atomic mass is 79.9. The van der Waals surface area contributed by atoms with Crippen LogP contribution in [0.1, 0.15) is 5.56 Å². The van der Waals surface area contributed by atoms with E-state index >= 15 is 0 Å². The number of ether oxygens (including phenoxy) is 1. The molecule has 0 spiro atoms. The number of fused-ring (bicyclic) bond motifs is 1. The Morgan fingerprint density at radius 1 is 0.909 bits per heavy atom. The van der Waals surface area contributed by atoms with Crippen LogP contribution in [0.25, 0.3) is 0 Å². The second-order valence-corrected chi connectivity index (χ2v) is 9.42. The van der Waals surface area contributed by atoms with Crippen LogP contribution in [0, 0.1) is 36.0 Å². The van der Waals surface area contributed by atoms with E-state index < -0.39 is 49.8 Å². The van der Waals surface area contributed by atoms with Gasteiger partial charge in [0.1, 0.15) is 17.3 Å². The van der Waals surface area contributed by atoms with Crippen LogP contribution in [0.3, 0.4) is 0 Å². The Hall–Kier alpha value is -2.86. The molecule has 1 heterocycles. The van der Waals surface area contributed by atoms with Gasteiger partial charge >= 0.3 is 10.1 Å². The molecule has 174 valence electrons. The molecule has 0 amide bonds. The highest BCUT2D eigenvalue weighted by molar-refractivity contribution is 9.10. The molecule has 33 heavy (non-hydrogen) atoms. The summed E-state index contributed by atoms with van der Waals surface area (Å²) in [6, 6.07) is 9.17. The molecule has 0 aromatic heterocycles. The lowest BCUT2D eigenvalue weighted by Gasteiger charge is -2.32. The van der Waals surface area contributed by atoms with Gasteiger partial charge in [-0.25, -0.2) is 13.2 Å². The molecule has 0 bridgehead atoms. The summed E-state index contributed by atoms with van der Waals surface area (Å²) in [7, 11) is -4.98. The molecular formula is C21H13BrF5NO4S. The van der Waals surface area contributed by atoms with E-state index in [4.69, 9.17) is 4.74 Å². The maximum Gasteiger partial charge on any atom is 0.339 e. The molecule has 12 heteroatoms. The van der Waals surface area contributed by atoms with Gasteiger partial charge in [-0.1, -0.05) is 6.07 Å². The number of benzene rings is 3. The van der Waals surface area contributed by atoms with Gasteiger partial charge in [-0.15, -0.1) is 0 Å². The van der Waals surface area contributed by atoms with E-state index in [9.17, 15) is 30.4 Å². The fraction of sp³-hybridized carbons (Fsp3) is 0.143. The van der Waals surface area contributed by atoms with E-state index in [1.165, 1.54) is 6.07 Å². The number of hydrogen-bond donors (Lipinski definition) is 0. The molecule has 0 radical (unpaired) electrons. The number of nitrogens with zero attached hydrogens (tertiary/aromatic N) is 1. The fourth-order valence-corrected chi connectivity index (χ4v) is 4.91. The largest absolute Gasteiger partial charge is 0.489 e. The summed E-state index contributed by atoms with van der Waals surface area (Å²) in [6.45, 7) is 2.56. The first-order valence-corrected chi connectivity index (χ1v) is 11.5. The number of halogens is 6. The van der Waals surface area contributed by atoms with Crippen LogP contribution in [-0.2, 0) is 10.1 Å². The van der Waals surface area contributed by atoms with Crippen molar-refractivity contribution in [3.8, 4) is 11.5 Å². The van der Waals surface area contributed by atoms with Gasteiger partial charge in [-0.3, -0.25) is 0 Å². The first-order valence-electron chi connectivity index (χ1n) is 9.27. The second kappa shape index (κ2) is 8.49. The minimum absolute atomic E-state index is 0.121. The Labute approximate surface area is 193 Å². The average molecular weight is 550 g/mol. The molecule has 0 aliphatic carbocycles. The van der Waals surface area contributed by atoms with Crippen molar-refractivity contribution >= 4 is 37.4 Å². The molecule has 0 N–H and O–H groups in total. The predicted molar refractivity (Wildman–Crippen MR) is 112 cm³/mol. The SMILES string of the molecule is Cc1ccc(N2CCOc3cc(S(=O)(=O)Oc4c(F)c(F)c(F)c(F)c4F)ccc32)c(Br)c1. The molecular weight excluding hydrogens is 537 g/mol. The number of anilines is 2. The molecule has 0 unspecified atom stereocenters. The van der Waals surface area contributed by atoms with Crippen LogP contribution in [0.5, 0.6) is 11.5 Å². The standard InChI is InChI=1S/C21H13BrF5NO4S/c1-10-2-4-13(12(22)8-10)28-6-7-31-15-9-11(3-5-14(15)28)33(29,30)32-21-19(26)17(24)16(23)18(25)20(21)27/h2-5,8-9H,6-7H2,1H3. The molecule has 1 aliphatic rings. The van der Waals surface area contributed by atoms with E-state index in [2.05, 4.69) is 20.1 Å². The Balaban J connectivity index is 1.72. The third-order valence-corrected chi connectivity index (χ3v) is 6.69. The molecule has 0 saturated carbocycles.